The molecule has 0 spiro atoms. The molecule has 2 amide bonds. The van der Waals surface area contributed by atoms with E-state index in [1.807, 2.05) is 26.0 Å². The summed E-state index contributed by atoms with van der Waals surface area (Å²) in [6.07, 6.45) is 0. The number of benzene rings is 1. The maximum absolute atomic E-state index is 11.9. The predicted octanol–water partition coefficient (Wildman–Crippen LogP) is 2.30. The Balaban J connectivity index is 1.80. The molecule has 0 radical (unpaired) electrons. The molecule has 0 fully saturated rings. The minimum atomic E-state index is -0.557. The van der Waals surface area contributed by atoms with E-state index in [-0.39, 0.29) is 25.0 Å². The van der Waals surface area contributed by atoms with Crippen molar-refractivity contribution in [3.63, 3.8) is 0 Å². The van der Waals surface area contributed by atoms with Gasteiger partial charge in [0.1, 0.15) is 13.2 Å². The zero-order valence-electron chi connectivity index (χ0n) is 14.9. The topological polar surface area (TPSA) is 88.6 Å². The van der Waals surface area contributed by atoms with Crippen molar-refractivity contribution in [1.82, 2.24) is 10.3 Å². The molecule has 0 unspecified atom stereocenters. The average Bonchev–Trinajstić information content (AvgIpc) is 3.07. The zero-order chi connectivity index (χ0) is 19.1. The third kappa shape index (κ3) is 5.38. The largest absolute Gasteiger partial charge is 0.458 e. The second kappa shape index (κ2) is 9.10. The minimum absolute atomic E-state index is 0.00874. The van der Waals surface area contributed by atoms with E-state index in [4.69, 9.17) is 4.74 Å². The molecule has 0 atom stereocenters. The quantitative estimate of drug-likeness (QED) is 0.750. The van der Waals surface area contributed by atoms with Gasteiger partial charge in [-0.25, -0.2) is 4.98 Å². The van der Waals surface area contributed by atoms with Gasteiger partial charge in [-0.1, -0.05) is 17.7 Å². The van der Waals surface area contributed by atoms with Gasteiger partial charge in [0.25, 0.3) is 5.91 Å². The summed E-state index contributed by atoms with van der Waals surface area (Å²) in [5.41, 5.74) is 2.09. The van der Waals surface area contributed by atoms with Crippen LogP contribution in [0.15, 0.2) is 29.6 Å². The van der Waals surface area contributed by atoms with Crippen molar-refractivity contribution in [2.75, 3.05) is 18.0 Å². The van der Waals surface area contributed by atoms with Crippen LogP contribution in [-0.4, -0.2) is 35.9 Å². The van der Waals surface area contributed by atoms with Crippen molar-refractivity contribution in [3.8, 4) is 0 Å². The first-order valence-electron chi connectivity index (χ1n) is 8.13. The van der Waals surface area contributed by atoms with Crippen LogP contribution >= 0.6 is 11.3 Å². The molecule has 1 N–H and O–H groups in total. The summed E-state index contributed by atoms with van der Waals surface area (Å²) in [5, 5.41) is 4.82. The van der Waals surface area contributed by atoms with Crippen LogP contribution in [-0.2, 0) is 20.9 Å². The van der Waals surface area contributed by atoms with Crippen molar-refractivity contribution in [1.29, 1.82) is 0 Å². The summed E-state index contributed by atoms with van der Waals surface area (Å²) < 4.78 is 5.11. The lowest BCUT2D eigenvalue weighted by atomic mass is 10.1. The monoisotopic (exact) mass is 375 g/mol. The fourth-order valence-electron chi connectivity index (χ4n) is 2.14. The smallest absolute Gasteiger partial charge is 0.325 e. The summed E-state index contributed by atoms with van der Waals surface area (Å²) >= 11 is 1.31. The predicted molar refractivity (Wildman–Crippen MR) is 99.1 cm³/mol. The molecule has 0 saturated heterocycles. The molecule has 0 aliphatic heterocycles. The van der Waals surface area contributed by atoms with Gasteiger partial charge >= 0.3 is 5.97 Å². The van der Waals surface area contributed by atoms with Crippen LogP contribution in [0.4, 0.5) is 5.13 Å². The highest BCUT2D eigenvalue weighted by molar-refractivity contribution is 7.14. The molecular weight excluding hydrogens is 354 g/mol. The number of nitrogens with zero attached hydrogens (tertiary/aromatic N) is 2. The lowest BCUT2D eigenvalue weighted by Crippen LogP contribution is -2.30. The SMILES string of the molecule is CCN(C(C)=O)c1nc(COC(=O)CNC(=O)c2ccc(C)cc2)cs1. The van der Waals surface area contributed by atoms with Gasteiger partial charge in [-0.05, 0) is 26.0 Å². The van der Waals surface area contributed by atoms with Crippen LogP contribution in [0.25, 0.3) is 0 Å². The first kappa shape index (κ1) is 19.6. The van der Waals surface area contributed by atoms with Gasteiger partial charge in [0.2, 0.25) is 5.91 Å². The standard InChI is InChI=1S/C18H21N3O4S/c1-4-21(13(3)22)18-20-15(11-26-18)10-25-16(23)9-19-17(24)14-7-5-12(2)6-8-14/h5-8,11H,4,9-10H2,1-3H3,(H,19,24). The van der Waals surface area contributed by atoms with E-state index in [2.05, 4.69) is 10.3 Å². The lowest BCUT2D eigenvalue weighted by Gasteiger charge is -2.14. The number of nitrogens with one attached hydrogen (secondary N) is 1. The fourth-order valence-corrected chi connectivity index (χ4v) is 3.06. The van der Waals surface area contributed by atoms with Crippen molar-refractivity contribution in [2.45, 2.75) is 27.4 Å². The summed E-state index contributed by atoms with van der Waals surface area (Å²) in [5.74, 6) is -0.985. The van der Waals surface area contributed by atoms with E-state index in [0.29, 0.717) is 22.9 Å². The number of amides is 2. The molecule has 1 aromatic heterocycles. The Morgan fingerprint density at radius 3 is 2.54 bits per heavy atom. The molecule has 2 rings (SSSR count). The van der Waals surface area contributed by atoms with Crippen molar-refractivity contribution in [2.24, 2.45) is 0 Å². The summed E-state index contributed by atoms with van der Waals surface area (Å²) in [4.78, 5) is 41.1. The number of aromatic nitrogens is 1. The number of carbonyl (C=O) groups excluding carboxylic acids is 3. The molecule has 0 aliphatic carbocycles. The van der Waals surface area contributed by atoms with Gasteiger partial charge in [-0.2, -0.15) is 0 Å². The van der Waals surface area contributed by atoms with Crippen LogP contribution < -0.4 is 10.2 Å². The van der Waals surface area contributed by atoms with Gasteiger partial charge in [0, 0.05) is 24.4 Å². The number of esters is 1. The van der Waals surface area contributed by atoms with Crippen molar-refractivity contribution < 1.29 is 19.1 Å². The zero-order valence-corrected chi connectivity index (χ0v) is 15.8. The highest BCUT2D eigenvalue weighted by atomic mass is 32.1. The van der Waals surface area contributed by atoms with E-state index < -0.39 is 5.97 Å². The van der Waals surface area contributed by atoms with Gasteiger partial charge in [-0.15, -0.1) is 11.3 Å². The lowest BCUT2D eigenvalue weighted by molar-refractivity contribution is -0.143. The van der Waals surface area contributed by atoms with Crippen molar-refractivity contribution >= 4 is 34.3 Å². The van der Waals surface area contributed by atoms with Gasteiger partial charge < -0.3 is 10.1 Å². The highest BCUT2D eigenvalue weighted by Gasteiger charge is 2.14. The Kier molecular flexibility index (Phi) is 6.85. The molecule has 0 bridgehead atoms. The Bertz CT molecular complexity index is 786. The second-order valence-electron chi connectivity index (χ2n) is 5.59. The number of rotatable bonds is 7. The fraction of sp³-hybridized carbons (Fsp3) is 0.333. The van der Waals surface area contributed by atoms with Crippen LogP contribution in [0.5, 0.6) is 0 Å². The van der Waals surface area contributed by atoms with E-state index in [1.165, 1.54) is 23.2 Å². The Hall–Kier alpha value is -2.74. The number of hydrogen-bond acceptors (Lipinski definition) is 6. The van der Waals surface area contributed by atoms with E-state index in [1.54, 1.807) is 17.5 Å². The molecule has 1 aromatic carbocycles. The maximum Gasteiger partial charge on any atom is 0.325 e. The average molecular weight is 375 g/mol. The normalized spacial score (nSPS) is 10.3. The molecule has 0 saturated carbocycles. The number of ether oxygens (including phenoxy) is 1. The van der Waals surface area contributed by atoms with Crippen molar-refractivity contribution in [3.05, 3.63) is 46.5 Å². The van der Waals surface area contributed by atoms with Crippen LogP contribution in [0.2, 0.25) is 0 Å². The number of anilines is 1. The Morgan fingerprint density at radius 2 is 1.92 bits per heavy atom. The minimum Gasteiger partial charge on any atom is -0.458 e. The van der Waals surface area contributed by atoms with E-state index in [9.17, 15) is 14.4 Å². The summed E-state index contributed by atoms with van der Waals surface area (Å²) in [6.45, 7) is 5.55. The molecule has 2 aromatic rings. The first-order valence-corrected chi connectivity index (χ1v) is 9.01. The van der Waals surface area contributed by atoms with E-state index >= 15 is 0 Å². The number of hydrogen-bond donors (Lipinski definition) is 1. The van der Waals surface area contributed by atoms with Crippen LogP contribution in [0, 0.1) is 6.92 Å². The van der Waals surface area contributed by atoms with Gasteiger partial charge in [0.05, 0.1) is 5.69 Å². The van der Waals surface area contributed by atoms with Crippen LogP contribution in [0.3, 0.4) is 0 Å². The highest BCUT2D eigenvalue weighted by Crippen LogP contribution is 2.21. The summed E-state index contributed by atoms with van der Waals surface area (Å²) in [6, 6.07) is 7.05. The first-order chi connectivity index (χ1) is 12.4. The third-order valence-corrected chi connectivity index (χ3v) is 4.47. The molecule has 7 nitrogen and oxygen atoms in total. The Labute approximate surface area is 156 Å². The number of carbonyl (C=O) groups is 3. The third-order valence-electron chi connectivity index (χ3n) is 3.55. The second-order valence-corrected chi connectivity index (χ2v) is 6.43. The molecule has 138 valence electrons. The number of thiazole rings is 1. The maximum atomic E-state index is 11.9. The molecule has 0 aliphatic rings. The Morgan fingerprint density at radius 1 is 1.23 bits per heavy atom. The molecular formula is C18H21N3O4S. The number of aryl methyl sites for hydroxylation is 1. The van der Waals surface area contributed by atoms with Gasteiger partial charge in [0.15, 0.2) is 5.13 Å². The summed E-state index contributed by atoms with van der Waals surface area (Å²) in [7, 11) is 0. The molecule has 26 heavy (non-hydrogen) atoms. The van der Waals surface area contributed by atoms with Gasteiger partial charge in [-0.3, -0.25) is 19.3 Å². The van der Waals surface area contributed by atoms with Crippen LogP contribution in [0.1, 0.15) is 35.5 Å². The molecule has 1 heterocycles. The molecule has 8 heteroatoms. The van der Waals surface area contributed by atoms with E-state index in [0.717, 1.165) is 5.56 Å².